The van der Waals surface area contributed by atoms with Gasteiger partial charge in [-0.05, 0) is 18.6 Å². The molecule has 0 spiro atoms. The van der Waals surface area contributed by atoms with Crippen molar-refractivity contribution in [3.05, 3.63) is 59.5 Å². The topological polar surface area (TPSA) is 53.8 Å². The van der Waals surface area contributed by atoms with E-state index in [1.54, 1.807) is 22.7 Å². The standard InChI is InChI=1S/C19H22N2O3S/c1-15-3-2-4-16(11-15)13-25-14-18(22)20-6-8-21(9-7-20)19(23)17-5-10-24-12-17/h2-5,10-12H,6-9,13-14H2,1H3. The predicted octanol–water partition coefficient (Wildman–Crippen LogP) is 2.81. The number of hydrogen-bond donors (Lipinski definition) is 0. The summed E-state index contributed by atoms with van der Waals surface area (Å²) in [5.41, 5.74) is 3.05. The van der Waals surface area contributed by atoms with Crippen molar-refractivity contribution in [2.45, 2.75) is 12.7 Å². The van der Waals surface area contributed by atoms with Gasteiger partial charge in [0.1, 0.15) is 6.26 Å². The molecule has 0 unspecified atom stereocenters. The largest absolute Gasteiger partial charge is 0.472 e. The molecule has 6 heteroatoms. The van der Waals surface area contributed by atoms with Gasteiger partial charge in [-0.15, -0.1) is 11.8 Å². The number of amides is 2. The molecular formula is C19H22N2O3S. The van der Waals surface area contributed by atoms with E-state index in [0.717, 1.165) is 5.75 Å². The molecule has 0 N–H and O–H groups in total. The fourth-order valence-electron chi connectivity index (χ4n) is 2.88. The first-order valence-electron chi connectivity index (χ1n) is 8.36. The summed E-state index contributed by atoms with van der Waals surface area (Å²) in [7, 11) is 0. The van der Waals surface area contributed by atoms with Crippen molar-refractivity contribution < 1.29 is 14.0 Å². The third kappa shape index (κ3) is 4.66. The van der Waals surface area contributed by atoms with E-state index in [1.165, 1.54) is 23.7 Å². The average Bonchev–Trinajstić information content (AvgIpc) is 3.16. The smallest absolute Gasteiger partial charge is 0.257 e. The molecule has 0 aliphatic carbocycles. The molecule has 1 aliphatic rings. The molecule has 132 valence electrons. The van der Waals surface area contributed by atoms with Gasteiger partial charge in [0.05, 0.1) is 17.6 Å². The molecule has 1 aliphatic heterocycles. The summed E-state index contributed by atoms with van der Waals surface area (Å²) in [6, 6.07) is 10.0. The van der Waals surface area contributed by atoms with Crippen molar-refractivity contribution >= 4 is 23.6 Å². The number of nitrogens with zero attached hydrogens (tertiary/aromatic N) is 2. The zero-order chi connectivity index (χ0) is 17.6. The number of thioether (sulfide) groups is 1. The number of carbonyl (C=O) groups is 2. The molecule has 2 amide bonds. The maximum absolute atomic E-state index is 12.3. The Kier molecular flexibility index (Phi) is 5.81. The highest BCUT2D eigenvalue weighted by atomic mass is 32.2. The van der Waals surface area contributed by atoms with E-state index in [2.05, 4.69) is 25.1 Å². The van der Waals surface area contributed by atoms with Crippen LogP contribution in [-0.2, 0) is 10.5 Å². The van der Waals surface area contributed by atoms with Crippen molar-refractivity contribution in [2.24, 2.45) is 0 Å². The maximum atomic E-state index is 12.3. The van der Waals surface area contributed by atoms with E-state index in [-0.39, 0.29) is 11.8 Å². The predicted molar refractivity (Wildman–Crippen MR) is 98.5 cm³/mol. The molecule has 3 rings (SSSR count). The van der Waals surface area contributed by atoms with Gasteiger partial charge in [0.15, 0.2) is 0 Å². The van der Waals surface area contributed by atoms with Gasteiger partial charge in [0, 0.05) is 31.9 Å². The molecule has 5 nitrogen and oxygen atoms in total. The van der Waals surface area contributed by atoms with Crippen LogP contribution in [0.3, 0.4) is 0 Å². The van der Waals surface area contributed by atoms with Gasteiger partial charge in [0.25, 0.3) is 5.91 Å². The van der Waals surface area contributed by atoms with E-state index in [0.29, 0.717) is 37.5 Å². The molecule has 1 aromatic carbocycles. The SMILES string of the molecule is Cc1cccc(CSCC(=O)N2CCN(C(=O)c3ccoc3)CC2)c1. The first-order valence-corrected chi connectivity index (χ1v) is 9.51. The Morgan fingerprint density at radius 2 is 1.88 bits per heavy atom. The van der Waals surface area contributed by atoms with Crippen molar-refractivity contribution in [3.8, 4) is 0 Å². The molecule has 0 radical (unpaired) electrons. The van der Waals surface area contributed by atoms with Gasteiger partial charge < -0.3 is 14.2 Å². The quantitative estimate of drug-likeness (QED) is 0.825. The molecule has 2 aromatic rings. The Labute approximate surface area is 152 Å². The first kappa shape index (κ1) is 17.6. The minimum atomic E-state index is -0.0327. The normalized spacial score (nSPS) is 14.6. The minimum Gasteiger partial charge on any atom is -0.472 e. The van der Waals surface area contributed by atoms with Gasteiger partial charge in [-0.25, -0.2) is 0 Å². The van der Waals surface area contributed by atoms with Crippen LogP contribution in [0.1, 0.15) is 21.5 Å². The average molecular weight is 358 g/mol. The number of hydrogen-bond acceptors (Lipinski definition) is 4. The molecule has 0 saturated carbocycles. The van der Waals surface area contributed by atoms with Crippen LogP contribution < -0.4 is 0 Å². The van der Waals surface area contributed by atoms with Gasteiger partial charge >= 0.3 is 0 Å². The first-order chi connectivity index (χ1) is 12.1. The molecule has 1 fully saturated rings. The molecule has 1 saturated heterocycles. The van der Waals surface area contributed by atoms with Gasteiger partial charge in [-0.1, -0.05) is 29.8 Å². The highest BCUT2D eigenvalue weighted by molar-refractivity contribution is 7.99. The third-order valence-electron chi connectivity index (χ3n) is 4.26. The van der Waals surface area contributed by atoms with Crippen LogP contribution in [0.4, 0.5) is 0 Å². The molecule has 2 heterocycles. The van der Waals surface area contributed by atoms with Crippen LogP contribution in [0.2, 0.25) is 0 Å². The minimum absolute atomic E-state index is 0.0327. The van der Waals surface area contributed by atoms with Crippen molar-refractivity contribution in [1.82, 2.24) is 9.80 Å². The summed E-state index contributed by atoms with van der Waals surface area (Å²) in [5.74, 6) is 1.43. The maximum Gasteiger partial charge on any atom is 0.257 e. The van der Waals surface area contributed by atoms with Crippen LogP contribution in [0.25, 0.3) is 0 Å². The number of benzene rings is 1. The van der Waals surface area contributed by atoms with Gasteiger partial charge in [-0.3, -0.25) is 9.59 Å². The zero-order valence-electron chi connectivity index (χ0n) is 14.3. The highest BCUT2D eigenvalue weighted by Crippen LogP contribution is 2.15. The molecule has 0 atom stereocenters. The Morgan fingerprint density at radius 1 is 1.12 bits per heavy atom. The lowest BCUT2D eigenvalue weighted by atomic mass is 10.2. The second-order valence-corrected chi connectivity index (χ2v) is 7.15. The molecule has 1 aromatic heterocycles. The highest BCUT2D eigenvalue weighted by Gasteiger charge is 2.25. The Morgan fingerprint density at radius 3 is 2.56 bits per heavy atom. The van der Waals surface area contributed by atoms with Crippen LogP contribution in [-0.4, -0.2) is 53.5 Å². The van der Waals surface area contributed by atoms with E-state index in [4.69, 9.17) is 4.42 Å². The third-order valence-corrected chi connectivity index (χ3v) is 5.25. The van der Waals surface area contributed by atoms with Crippen molar-refractivity contribution in [1.29, 1.82) is 0 Å². The van der Waals surface area contributed by atoms with Crippen molar-refractivity contribution in [2.75, 3.05) is 31.9 Å². The number of carbonyl (C=O) groups excluding carboxylic acids is 2. The fraction of sp³-hybridized carbons (Fsp3) is 0.368. The number of aryl methyl sites for hydroxylation is 1. The lowest BCUT2D eigenvalue weighted by Crippen LogP contribution is -2.51. The summed E-state index contributed by atoms with van der Waals surface area (Å²) in [5, 5.41) is 0. The second-order valence-electron chi connectivity index (χ2n) is 6.17. The zero-order valence-corrected chi connectivity index (χ0v) is 15.1. The monoisotopic (exact) mass is 358 g/mol. The van der Waals surface area contributed by atoms with Crippen LogP contribution in [0, 0.1) is 6.92 Å². The number of furan rings is 1. The van der Waals surface area contributed by atoms with Gasteiger partial charge in [-0.2, -0.15) is 0 Å². The summed E-state index contributed by atoms with van der Waals surface area (Å²) >= 11 is 1.64. The van der Waals surface area contributed by atoms with E-state index in [1.807, 2.05) is 11.0 Å². The lowest BCUT2D eigenvalue weighted by Gasteiger charge is -2.34. The summed E-state index contributed by atoms with van der Waals surface area (Å²) in [6.07, 6.45) is 2.96. The Bertz CT molecular complexity index is 722. The lowest BCUT2D eigenvalue weighted by molar-refractivity contribution is -0.129. The summed E-state index contributed by atoms with van der Waals surface area (Å²) in [6.45, 7) is 4.39. The Balaban J connectivity index is 1.41. The molecular weight excluding hydrogens is 336 g/mol. The van der Waals surface area contributed by atoms with Gasteiger partial charge in [0.2, 0.25) is 5.91 Å². The number of piperazine rings is 1. The molecule has 0 bridgehead atoms. The summed E-state index contributed by atoms with van der Waals surface area (Å²) < 4.78 is 4.96. The van der Waals surface area contributed by atoms with Crippen LogP contribution >= 0.6 is 11.8 Å². The number of rotatable bonds is 5. The summed E-state index contributed by atoms with van der Waals surface area (Å²) in [4.78, 5) is 28.2. The molecule has 25 heavy (non-hydrogen) atoms. The van der Waals surface area contributed by atoms with Crippen LogP contribution in [0.15, 0.2) is 47.3 Å². The van der Waals surface area contributed by atoms with E-state index in [9.17, 15) is 9.59 Å². The van der Waals surface area contributed by atoms with E-state index >= 15 is 0 Å². The second kappa shape index (κ2) is 8.25. The Hall–Kier alpha value is -2.21. The van der Waals surface area contributed by atoms with Crippen LogP contribution in [0.5, 0.6) is 0 Å². The van der Waals surface area contributed by atoms with E-state index < -0.39 is 0 Å². The van der Waals surface area contributed by atoms with Crippen molar-refractivity contribution in [3.63, 3.8) is 0 Å². The fourth-order valence-corrected chi connectivity index (χ4v) is 3.75.